The number of thiol groups is 1. The third-order valence-corrected chi connectivity index (χ3v) is 2.22. The molecule has 0 saturated carbocycles. The van der Waals surface area contributed by atoms with E-state index in [-0.39, 0.29) is 11.9 Å². The van der Waals surface area contributed by atoms with Crippen molar-refractivity contribution in [1.82, 2.24) is 0 Å². The van der Waals surface area contributed by atoms with E-state index in [4.69, 9.17) is 5.11 Å². The van der Waals surface area contributed by atoms with Crippen molar-refractivity contribution in [1.29, 1.82) is 0 Å². The summed E-state index contributed by atoms with van der Waals surface area (Å²) in [6.07, 6.45) is 1.70. The van der Waals surface area contributed by atoms with Crippen molar-refractivity contribution in [3.63, 3.8) is 0 Å². The van der Waals surface area contributed by atoms with Crippen molar-refractivity contribution < 1.29 is 5.11 Å². The SMILES string of the molecule is OCCC(S)Cc1ccccc1. The third-order valence-electron chi connectivity index (χ3n) is 1.78. The van der Waals surface area contributed by atoms with E-state index in [1.807, 2.05) is 18.2 Å². The van der Waals surface area contributed by atoms with E-state index in [0.717, 1.165) is 12.8 Å². The maximum Gasteiger partial charge on any atom is 0.0441 e. The molecule has 66 valence electrons. The van der Waals surface area contributed by atoms with Gasteiger partial charge >= 0.3 is 0 Å². The number of benzene rings is 1. The highest BCUT2D eigenvalue weighted by molar-refractivity contribution is 7.80. The van der Waals surface area contributed by atoms with Crippen LogP contribution in [0.4, 0.5) is 0 Å². The summed E-state index contributed by atoms with van der Waals surface area (Å²) in [4.78, 5) is 0. The van der Waals surface area contributed by atoms with Crippen molar-refractivity contribution >= 4 is 12.6 Å². The molecule has 1 atom stereocenters. The summed E-state index contributed by atoms with van der Waals surface area (Å²) >= 11 is 4.36. The van der Waals surface area contributed by atoms with E-state index in [2.05, 4.69) is 24.8 Å². The molecule has 1 aromatic carbocycles. The Morgan fingerprint density at radius 1 is 1.25 bits per heavy atom. The van der Waals surface area contributed by atoms with E-state index >= 15 is 0 Å². The molecule has 0 bridgehead atoms. The lowest BCUT2D eigenvalue weighted by molar-refractivity contribution is 0.287. The molecule has 12 heavy (non-hydrogen) atoms. The lowest BCUT2D eigenvalue weighted by atomic mass is 10.1. The Labute approximate surface area is 78.8 Å². The highest BCUT2D eigenvalue weighted by Crippen LogP contribution is 2.09. The zero-order chi connectivity index (χ0) is 8.81. The fraction of sp³-hybridized carbons (Fsp3) is 0.400. The van der Waals surface area contributed by atoms with Crippen LogP contribution in [0.15, 0.2) is 30.3 Å². The lowest BCUT2D eigenvalue weighted by Crippen LogP contribution is -2.05. The van der Waals surface area contributed by atoms with Gasteiger partial charge in [-0.05, 0) is 18.4 Å². The molecule has 0 aliphatic heterocycles. The van der Waals surface area contributed by atoms with E-state index in [9.17, 15) is 0 Å². The molecule has 1 aromatic rings. The first-order chi connectivity index (χ1) is 5.83. The highest BCUT2D eigenvalue weighted by Gasteiger charge is 2.02. The molecule has 1 N–H and O–H groups in total. The molecule has 1 unspecified atom stereocenters. The van der Waals surface area contributed by atoms with E-state index in [1.165, 1.54) is 5.56 Å². The van der Waals surface area contributed by atoms with Crippen LogP contribution in [0.3, 0.4) is 0 Å². The van der Waals surface area contributed by atoms with Crippen LogP contribution in [-0.4, -0.2) is 17.0 Å². The monoisotopic (exact) mass is 182 g/mol. The summed E-state index contributed by atoms with van der Waals surface area (Å²) in [5.41, 5.74) is 1.28. The van der Waals surface area contributed by atoms with Gasteiger partial charge in [-0.2, -0.15) is 12.6 Å². The van der Waals surface area contributed by atoms with Gasteiger partial charge in [-0.3, -0.25) is 0 Å². The quantitative estimate of drug-likeness (QED) is 0.682. The first kappa shape index (κ1) is 9.62. The van der Waals surface area contributed by atoms with Crippen LogP contribution in [-0.2, 0) is 6.42 Å². The number of hydrogen-bond donors (Lipinski definition) is 2. The molecule has 0 amide bonds. The van der Waals surface area contributed by atoms with Gasteiger partial charge in [-0.15, -0.1) is 0 Å². The van der Waals surface area contributed by atoms with Gasteiger partial charge < -0.3 is 5.11 Å². The Morgan fingerprint density at radius 3 is 2.50 bits per heavy atom. The minimum atomic E-state index is 0.223. The predicted molar refractivity (Wildman–Crippen MR) is 54.6 cm³/mol. The third kappa shape index (κ3) is 3.28. The van der Waals surface area contributed by atoms with Crippen LogP contribution in [0.5, 0.6) is 0 Å². The molecule has 0 saturated heterocycles. The molecule has 1 rings (SSSR count). The van der Waals surface area contributed by atoms with Gasteiger partial charge in [0.05, 0.1) is 0 Å². The van der Waals surface area contributed by atoms with E-state index in [1.54, 1.807) is 0 Å². The van der Waals surface area contributed by atoms with Gasteiger partial charge in [-0.1, -0.05) is 30.3 Å². The van der Waals surface area contributed by atoms with Gasteiger partial charge in [0.25, 0.3) is 0 Å². The maximum absolute atomic E-state index is 8.67. The zero-order valence-electron chi connectivity index (χ0n) is 6.98. The van der Waals surface area contributed by atoms with Gasteiger partial charge in [0, 0.05) is 11.9 Å². The summed E-state index contributed by atoms with van der Waals surface area (Å²) in [6, 6.07) is 10.2. The molecule has 1 nitrogen and oxygen atoms in total. The number of rotatable bonds is 4. The molecule has 0 fully saturated rings. The first-order valence-corrected chi connectivity index (χ1v) is 4.67. The number of aliphatic hydroxyl groups excluding tert-OH is 1. The van der Waals surface area contributed by atoms with Gasteiger partial charge in [0.1, 0.15) is 0 Å². The molecule has 0 aliphatic carbocycles. The molecular weight excluding hydrogens is 168 g/mol. The van der Waals surface area contributed by atoms with Crippen molar-refractivity contribution in [3.8, 4) is 0 Å². The first-order valence-electron chi connectivity index (χ1n) is 4.16. The lowest BCUT2D eigenvalue weighted by Gasteiger charge is -2.07. The number of aliphatic hydroxyl groups is 1. The van der Waals surface area contributed by atoms with Crippen molar-refractivity contribution in [3.05, 3.63) is 35.9 Å². The smallest absolute Gasteiger partial charge is 0.0441 e. The minimum Gasteiger partial charge on any atom is -0.396 e. The normalized spacial score (nSPS) is 12.8. The molecular formula is C10H14OS. The summed E-state index contributed by atoms with van der Waals surface area (Å²) in [5, 5.41) is 8.94. The zero-order valence-corrected chi connectivity index (χ0v) is 7.87. The van der Waals surface area contributed by atoms with Crippen LogP contribution < -0.4 is 0 Å². The average molecular weight is 182 g/mol. The summed E-state index contributed by atoms with van der Waals surface area (Å²) < 4.78 is 0. The summed E-state index contributed by atoms with van der Waals surface area (Å²) in [5.74, 6) is 0. The Hall–Kier alpha value is -0.470. The van der Waals surface area contributed by atoms with Crippen molar-refractivity contribution in [2.24, 2.45) is 0 Å². The highest BCUT2D eigenvalue weighted by atomic mass is 32.1. The molecule has 0 heterocycles. The average Bonchev–Trinajstić information content (AvgIpc) is 2.06. The molecule has 2 heteroatoms. The standard InChI is InChI=1S/C10H14OS/c11-7-6-10(12)8-9-4-2-1-3-5-9/h1-5,10-12H,6-8H2. The van der Waals surface area contributed by atoms with Crippen LogP contribution in [0.1, 0.15) is 12.0 Å². The number of hydrogen-bond acceptors (Lipinski definition) is 2. The van der Waals surface area contributed by atoms with E-state index in [0.29, 0.717) is 0 Å². The van der Waals surface area contributed by atoms with Gasteiger partial charge in [0.2, 0.25) is 0 Å². The van der Waals surface area contributed by atoms with Crippen molar-refractivity contribution in [2.75, 3.05) is 6.61 Å². The van der Waals surface area contributed by atoms with Gasteiger partial charge in [-0.25, -0.2) is 0 Å². The minimum absolute atomic E-state index is 0.223. The molecule has 0 spiro atoms. The van der Waals surface area contributed by atoms with Crippen LogP contribution in [0, 0.1) is 0 Å². The largest absolute Gasteiger partial charge is 0.396 e. The Morgan fingerprint density at radius 2 is 1.92 bits per heavy atom. The molecule has 0 radical (unpaired) electrons. The van der Waals surface area contributed by atoms with Crippen molar-refractivity contribution in [2.45, 2.75) is 18.1 Å². The van der Waals surface area contributed by atoms with Crippen LogP contribution in [0.2, 0.25) is 0 Å². The fourth-order valence-corrected chi connectivity index (χ4v) is 1.46. The topological polar surface area (TPSA) is 20.2 Å². The second kappa shape index (κ2) is 5.22. The van der Waals surface area contributed by atoms with Crippen LogP contribution in [0.25, 0.3) is 0 Å². The summed E-state index contributed by atoms with van der Waals surface area (Å²) in [6.45, 7) is 0.223. The Balaban J connectivity index is 2.41. The second-order valence-electron chi connectivity index (χ2n) is 2.86. The van der Waals surface area contributed by atoms with Gasteiger partial charge in [0.15, 0.2) is 0 Å². The molecule has 0 aliphatic rings. The Kier molecular flexibility index (Phi) is 4.19. The maximum atomic E-state index is 8.67. The van der Waals surface area contributed by atoms with E-state index < -0.39 is 0 Å². The Bertz CT molecular complexity index is 210. The fourth-order valence-electron chi connectivity index (χ4n) is 1.14. The van der Waals surface area contributed by atoms with Crippen LogP contribution >= 0.6 is 12.6 Å². The second-order valence-corrected chi connectivity index (χ2v) is 3.59. The predicted octanol–water partition coefficient (Wildman–Crippen LogP) is 1.91. The molecule has 0 aromatic heterocycles. The summed E-state index contributed by atoms with van der Waals surface area (Å²) in [7, 11) is 0.